The van der Waals surface area contributed by atoms with Crippen molar-refractivity contribution in [3.8, 4) is 5.75 Å². The first kappa shape index (κ1) is 26.9. The lowest BCUT2D eigenvalue weighted by Gasteiger charge is -2.30. The van der Waals surface area contributed by atoms with E-state index in [1.54, 1.807) is 6.07 Å². The number of hydrogen-bond donors (Lipinski definition) is 6. The van der Waals surface area contributed by atoms with Gasteiger partial charge in [-0.1, -0.05) is 23.4 Å². The molecule has 0 saturated heterocycles. The molecule has 1 aliphatic heterocycles. The van der Waals surface area contributed by atoms with Crippen LogP contribution in [-0.2, 0) is 15.8 Å². The van der Waals surface area contributed by atoms with Crippen molar-refractivity contribution in [2.24, 2.45) is 0 Å². The number of carbonyl (C=O) groups is 3. The van der Waals surface area contributed by atoms with Crippen LogP contribution in [0, 0.1) is 12.7 Å². The first-order chi connectivity index (χ1) is 17.8. The third-order valence-electron chi connectivity index (χ3n) is 5.56. The Morgan fingerprint density at radius 1 is 1.24 bits per heavy atom. The molecule has 2 aromatic carbocycles. The summed E-state index contributed by atoms with van der Waals surface area (Å²) in [5.74, 6) is -6.13. The minimum atomic E-state index is -4.97. The molecule has 2 amide bonds. The number of aromatic nitrogens is 2. The summed E-state index contributed by atoms with van der Waals surface area (Å²) in [4.78, 5) is 59.7. The molecule has 1 aromatic heterocycles. The smallest absolute Gasteiger partial charge is 0.534 e. The maximum atomic E-state index is 14.5. The molecule has 4 rings (SSSR count). The van der Waals surface area contributed by atoms with Gasteiger partial charge in [0.1, 0.15) is 17.6 Å². The summed E-state index contributed by atoms with van der Waals surface area (Å²) in [7, 11) is -6.65. The predicted molar refractivity (Wildman–Crippen MR) is 125 cm³/mol. The van der Waals surface area contributed by atoms with Crippen molar-refractivity contribution in [3.05, 3.63) is 70.6 Å². The van der Waals surface area contributed by atoms with Gasteiger partial charge in [0.25, 0.3) is 11.7 Å². The number of nitrogens with zero attached hydrogens (tertiary/aromatic N) is 2. The topological polar surface area (TPSA) is 221 Å². The molecule has 6 N–H and O–H groups in total. The van der Waals surface area contributed by atoms with Crippen LogP contribution in [0.15, 0.2) is 40.9 Å². The molecule has 14 nitrogen and oxygen atoms in total. The normalized spacial score (nSPS) is 15.7. The van der Waals surface area contributed by atoms with Gasteiger partial charge < -0.3 is 39.7 Å². The lowest BCUT2D eigenvalue weighted by atomic mass is 9.72. The number of amides is 2. The molecule has 38 heavy (non-hydrogen) atoms. The molecule has 0 saturated carbocycles. The molecule has 2 heterocycles. The Balaban J connectivity index is 1.63. The van der Waals surface area contributed by atoms with Crippen molar-refractivity contribution >= 4 is 37.8 Å². The SMILES string of the molecule is Cc1nc(C(=O)N[C@@H](C(=O)N[C@H]2Cc3cccc(C(=O)O)c3OB2O)c2ccc(P(=O)(O)O)c(F)c2)no1. The number of halogens is 1. The second kappa shape index (κ2) is 10.3. The van der Waals surface area contributed by atoms with E-state index in [1.807, 2.05) is 0 Å². The minimum Gasteiger partial charge on any atom is -0.534 e. The molecule has 0 bridgehead atoms. The molecule has 1 aliphatic rings. The summed E-state index contributed by atoms with van der Waals surface area (Å²) in [5, 5.41) is 27.1. The highest BCUT2D eigenvalue weighted by Crippen LogP contribution is 2.35. The van der Waals surface area contributed by atoms with Crippen molar-refractivity contribution in [3.63, 3.8) is 0 Å². The van der Waals surface area contributed by atoms with E-state index < -0.39 is 61.4 Å². The van der Waals surface area contributed by atoms with Crippen molar-refractivity contribution in [1.29, 1.82) is 0 Å². The van der Waals surface area contributed by atoms with E-state index in [4.69, 9.17) is 9.18 Å². The highest BCUT2D eigenvalue weighted by molar-refractivity contribution is 7.60. The average molecular weight is 548 g/mol. The number of fused-ring (bicyclic) bond motifs is 1. The Hall–Kier alpha value is -4.11. The highest BCUT2D eigenvalue weighted by atomic mass is 31.2. The highest BCUT2D eigenvalue weighted by Gasteiger charge is 2.39. The van der Waals surface area contributed by atoms with Crippen LogP contribution in [-0.4, -0.2) is 60.9 Å². The fourth-order valence-corrected chi connectivity index (χ4v) is 4.42. The van der Waals surface area contributed by atoms with Crippen molar-refractivity contribution in [2.45, 2.75) is 25.3 Å². The first-order valence-electron chi connectivity index (χ1n) is 10.8. The van der Waals surface area contributed by atoms with Gasteiger partial charge >= 0.3 is 20.7 Å². The van der Waals surface area contributed by atoms with E-state index in [1.165, 1.54) is 19.1 Å². The van der Waals surface area contributed by atoms with Crippen LogP contribution < -0.4 is 20.6 Å². The predicted octanol–water partition coefficient (Wildman–Crippen LogP) is -0.371. The Morgan fingerprint density at radius 3 is 2.58 bits per heavy atom. The Labute approximate surface area is 213 Å². The minimum absolute atomic E-state index is 0.0510. The number of benzene rings is 2. The number of para-hydroxylation sites is 1. The Bertz CT molecular complexity index is 1480. The van der Waals surface area contributed by atoms with Crippen LogP contribution in [0.5, 0.6) is 5.75 Å². The Morgan fingerprint density at radius 2 is 1.97 bits per heavy atom. The molecule has 0 aliphatic carbocycles. The summed E-state index contributed by atoms with van der Waals surface area (Å²) < 4.78 is 36.1. The standard InChI is InChI=1S/C21H19BFN4O10P/c1-9-24-18(27-37-9)20(29)26-16(10-5-6-14(13(23)7-10)38(33,34)35)19(28)25-15-8-11-3-2-4-12(21(30)31)17(11)36-22(15)32/h2-7,15-16,32H,8H2,1H3,(H,25,28)(H,26,29)(H,30,31)(H2,33,34,35)/t15-,16+/m0/s1. The number of aromatic carboxylic acids is 1. The third-order valence-corrected chi connectivity index (χ3v) is 6.55. The monoisotopic (exact) mass is 548 g/mol. The fourth-order valence-electron chi connectivity index (χ4n) is 3.81. The number of nitrogens with one attached hydrogen (secondary N) is 2. The van der Waals surface area contributed by atoms with Crippen molar-refractivity contribution < 1.29 is 52.4 Å². The summed E-state index contributed by atoms with van der Waals surface area (Å²) in [6.07, 6.45) is -0.0560. The zero-order valence-corrected chi connectivity index (χ0v) is 20.3. The van der Waals surface area contributed by atoms with Crippen molar-refractivity contribution in [1.82, 2.24) is 20.8 Å². The van der Waals surface area contributed by atoms with Crippen LogP contribution in [0.1, 0.15) is 44.0 Å². The van der Waals surface area contributed by atoms with E-state index in [0.29, 0.717) is 11.6 Å². The van der Waals surface area contributed by atoms with Gasteiger partial charge in [0.2, 0.25) is 11.8 Å². The van der Waals surface area contributed by atoms with Crippen LogP contribution >= 0.6 is 7.60 Å². The summed E-state index contributed by atoms with van der Waals surface area (Å²) in [6.45, 7) is 1.42. The zero-order chi connectivity index (χ0) is 27.8. The largest absolute Gasteiger partial charge is 0.547 e. The van der Waals surface area contributed by atoms with Gasteiger partial charge in [0.15, 0.2) is 0 Å². The van der Waals surface area contributed by atoms with E-state index in [-0.39, 0.29) is 29.2 Å². The first-order valence-corrected chi connectivity index (χ1v) is 12.4. The molecular formula is C21H19BFN4O10P. The average Bonchev–Trinajstić information content (AvgIpc) is 3.27. The summed E-state index contributed by atoms with van der Waals surface area (Å²) in [6, 6.07) is 5.12. The summed E-state index contributed by atoms with van der Waals surface area (Å²) >= 11 is 0. The second-order valence-corrected chi connectivity index (χ2v) is 9.79. The number of carbonyl (C=O) groups excluding carboxylic acids is 2. The van der Waals surface area contributed by atoms with Crippen molar-refractivity contribution in [2.75, 3.05) is 0 Å². The lowest BCUT2D eigenvalue weighted by molar-refractivity contribution is -0.123. The molecule has 3 aromatic rings. The van der Waals surface area contributed by atoms with E-state index in [2.05, 4.69) is 20.8 Å². The Kier molecular flexibility index (Phi) is 7.33. The van der Waals surface area contributed by atoms with E-state index >= 15 is 0 Å². The van der Waals surface area contributed by atoms with Crippen LogP contribution in [0.25, 0.3) is 0 Å². The van der Waals surface area contributed by atoms with Gasteiger partial charge in [-0.2, -0.15) is 4.98 Å². The van der Waals surface area contributed by atoms with Gasteiger partial charge in [0.05, 0.1) is 16.8 Å². The maximum Gasteiger partial charge on any atom is 0.547 e. The van der Waals surface area contributed by atoms with Gasteiger partial charge in [-0.25, -0.2) is 9.18 Å². The maximum absolute atomic E-state index is 14.5. The molecule has 0 unspecified atom stereocenters. The quantitative estimate of drug-likeness (QED) is 0.164. The van der Waals surface area contributed by atoms with Gasteiger partial charge in [0, 0.05) is 6.92 Å². The summed E-state index contributed by atoms with van der Waals surface area (Å²) in [5.41, 5.74) is -0.0153. The van der Waals surface area contributed by atoms with E-state index in [9.17, 15) is 43.3 Å². The molecule has 0 fully saturated rings. The number of carboxylic acids is 1. The van der Waals surface area contributed by atoms with Gasteiger partial charge in [-0.05, 0) is 35.7 Å². The molecule has 198 valence electrons. The number of aryl methyl sites for hydroxylation is 1. The molecule has 0 spiro atoms. The number of hydrogen-bond acceptors (Lipinski definition) is 9. The van der Waals surface area contributed by atoms with Crippen LogP contribution in [0.2, 0.25) is 0 Å². The number of carboxylic acid groups (broad SMARTS) is 1. The molecule has 17 heteroatoms. The zero-order valence-electron chi connectivity index (χ0n) is 19.4. The third kappa shape index (κ3) is 5.58. The molecule has 2 atom stereocenters. The fraction of sp³-hybridized carbons (Fsp3) is 0.190. The number of rotatable bonds is 7. The van der Waals surface area contributed by atoms with Crippen LogP contribution in [0.4, 0.5) is 4.39 Å². The lowest BCUT2D eigenvalue weighted by Crippen LogP contribution is -2.55. The van der Waals surface area contributed by atoms with Crippen LogP contribution in [0.3, 0.4) is 0 Å². The van der Waals surface area contributed by atoms with Gasteiger partial charge in [-0.15, -0.1) is 0 Å². The second-order valence-electron chi connectivity index (χ2n) is 8.22. The van der Waals surface area contributed by atoms with E-state index in [0.717, 1.165) is 12.1 Å². The molecule has 0 radical (unpaired) electrons. The van der Waals surface area contributed by atoms with Gasteiger partial charge in [-0.3, -0.25) is 14.2 Å². The molecular weight excluding hydrogens is 529 g/mol.